The number of rotatable bonds is 39. The molecule has 0 radical (unpaired) electrons. The molecule has 0 spiro atoms. The number of hydrogen-bond donors (Lipinski definition) is 0. The maximum Gasteiger partial charge on any atom is 0.159 e. The summed E-state index contributed by atoms with van der Waals surface area (Å²) >= 11 is 0. The normalized spacial score (nSPS) is 11.1. The highest BCUT2D eigenvalue weighted by Crippen LogP contribution is 2.24. The smallest absolute Gasteiger partial charge is 0.159 e. The lowest BCUT2D eigenvalue weighted by molar-refractivity contribution is 0.292. The summed E-state index contributed by atoms with van der Waals surface area (Å²) in [6.45, 7) is 8.62. The summed E-state index contributed by atoms with van der Waals surface area (Å²) in [6, 6.07) is 23.9. The molecule has 6 rings (SSSR count). The molecule has 0 amide bonds. The highest BCUT2D eigenvalue weighted by molar-refractivity contribution is 5.58. The Balaban J connectivity index is 0.727. The Morgan fingerprint density at radius 2 is 0.431 bits per heavy atom. The van der Waals surface area contributed by atoms with Gasteiger partial charge in [-0.3, -0.25) is 0 Å². The molecule has 12 nitrogen and oxygen atoms in total. The standard InChI is InChI=1S/C60H80N6O6/c1-3-5-7-9-13-22-40-70-55-43-61-58(62-44-55)49-25-31-52(32-26-49)67-37-19-15-11-16-20-38-68-53-33-27-51(28-34-53)60-65-47-57(48-66-60)72-42-24-18-12-17-21-39-69-54-35-29-50(30-36-54)59-63-45-56(46-64-59)71-41-23-14-10-8-6-4-2/h25-36,43-48H,3-24,37-42H2,1-2H3. The Morgan fingerprint density at radius 3 is 0.653 bits per heavy atom. The second-order valence-electron chi connectivity index (χ2n) is 18.5. The van der Waals surface area contributed by atoms with Crippen LogP contribution in [0.25, 0.3) is 34.2 Å². The van der Waals surface area contributed by atoms with Crippen LogP contribution < -0.4 is 28.4 Å². The van der Waals surface area contributed by atoms with Gasteiger partial charge in [-0.1, -0.05) is 117 Å². The van der Waals surface area contributed by atoms with E-state index in [1.54, 1.807) is 37.2 Å². The van der Waals surface area contributed by atoms with Crippen LogP contribution in [0, 0.1) is 0 Å². The van der Waals surface area contributed by atoms with E-state index in [1.165, 1.54) is 64.2 Å². The van der Waals surface area contributed by atoms with Gasteiger partial charge in [-0.25, -0.2) is 29.9 Å². The molecule has 0 saturated carbocycles. The van der Waals surface area contributed by atoms with Crippen molar-refractivity contribution < 1.29 is 28.4 Å². The van der Waals surface area contributed by atoms with Gasteiger partial charge in [-0.2, -0.15) is 0 Å². The van der Waals surface area contributed by atoms with E-state index < -0.39 is 0 Å². The van der Waals surface area contributed by atoms with Gasteiger partial charge in [0.2, 0.25) is 0 Å². The van der Waals surface area contributed by atoms with E-state index in [0.29, 0.717) is 62.9 Å². The second kappa shape index (κ2) is 34.1. The number of hydrogen-bond acceptors (Lipinski definition) is 12. The van der Waals surface area contributed by atoms with E-state index in [1.807, 2.05) is 72.8 Å². The molecule has 0 saturated heterocycles. The Labute approximate surface area is 430 Å². The maximum atomic E-state index is 6.01. The minimum absolute atomic E-state index is 0.643. The lowest BCUT2D eigenvalue weighted by Gasteiger charge is -2.09. The largest absolute Gasteiger partial charge is 0.494 e. The Bertz CT molecular complexity index is 2120. The molecule has 0 N–H and O–H groups in total. The molecule has 386 valence electrons. The predicted octanol–water partition coefficient (Wildman–Crippen LogP) is 15.4. The summed E-state index contributed by atoms with van der Waals surface area (Å²) in [4.78, 5) is 27.1. The highest BCUT2D eigenvalue weighted by atomic mass is 16.5. The van der Waals surface area contributed by atoms with Crippen LogP contribution in [-0.2, 0) is 0 Å². The fourth-order valence-corrected chi connectivity index (χ4v) is 8.09. The van der Waals surface area contributed by atoms with Crippen LogP contribution >= 0.6 is 0 Å². The van der Waals surface area contributed by atoms with Crippen molar-refractivity contribution in [3.8, 4) is 68.7 Å². The summed E-state index contributed by atoms with van der Waals surface area (Å²) in [5.41, 5.74) is 2.86. The molecule has 0 bridgehead atoms. The van der Waals surface area contributed by atoms with Crippen LogP contribution in [-0.4, -0.2) is 69.5 Å². The molecule has 0 fully saturated rings. The molecular formula is C60H80N6O6. The quantitative estimate of drug-likeness (QED) is 0.0340. The fourth-order valence-electron chi connectivity index (χ4n) is 8.09. The molecule has 12 heteroatoms. The molecule has 6 aromatic rings. The first-order valence-electron chi connectivity index (χ1n) is 27.2. The number of aromatic nitrogens is 6. The highest BCUT2D eigenvalue weighted by Gasteiger charge is 2.08. The first-order chi connectivity index (χ1) is 35.7. The zero-order valence-electron chi connectivity index (χ0n) is 43.3. The van der Waals surface area contributed by atoms with Crippen molar-refractivity contribution >= 4 is 0 Å². The first-order valence-corrected chi connectivity index (χ1v) is 27.2. The van der Waals surface area contributed by atoms with Gasteiger partial charge in [-0.15, -0.1) is 0 Å². The Morgan fingerprint density at radius 1 is 0.236 bits per heavy atom. The van der Waals surface area contributed by atoms with E-state index in [9.17, 15) is 0 Å². The van der Waals surface area contributed by atoms with Crippen LogP contribution in [0.1, 0.15) is 155 Å². The van der Waals surface area contributed by atoms with Crippen LogP contribution in [0.15, 0.2) is 110 Å². The molecule has 0 aliphatic carbocycles. The van der Waals surface area contributed by atoms with Gasteiger partial charge in [-0.05, 0) is 111 Å². The van der Waals surface area contributed by atoms with Crippen molar-refractivity contribution in [3.63, 3.8) is 0 Å². The number of benzene rings is 3. The van der Waals surface area contributed by atoms with Crippen molar-refractivity contribution in [2.45, 2.75) is 155 Å². The van der Waals surface area contributed by atoms with Gasteiger partial charge in [0.05, 0.1) is 76.8 Å². The van der Waals surface area contributed by atoms with Crippen LogP contribution in [0.4, 0.5) is 0 Å². The van der Waals surface area contributed by atoms with Crippen LogP contribution in [0.5, 0.6) is 34.5 Å². The van der Waals surface area contributed by atoms with Gasteiger partial charge in [0, 0.05) is 16.7 Å². The van der Waals surface area contributed by atoms with E-state index in [4.69, 9.17) is 28.4 Å². The molecule has 0 aliphatic rings. The third-order valence-corrected chi connectivity index (χ3v) is 12.4. The van der Waals surface area contributed by atoms with Gasteiger partial charge < -0.3 is 28.4 Å². The van der Waals surface area contributed by atoms with E-state index in [0.717, 1.165) is 122 Å². The average molecular weight is 981 g/mol. The van der Waals surface area contributed by atoms with Gasteiger partial charge >= 0.3 is 0 Å². The third kappa shape index (κ3) is 21.6. The number of unbranched alkanes of at least 4 members (excludes halogenated alkanes) is 18. The van der Waals surface area contributed by atoms with Gasteiger partial charge in [0.15, 0.2) is 34.7 Å². The molecular weight excluding hydrogens is 901 g/mol. The second-order valence-corrected chi connectivity index (χ2v) is 18.5. The molecule has 0 atom stereocenters. The number of ether oxygens (including phenoxy) is 6. The van der Waals surface area contributed by atoms with E-state index in [-0.39, 0.29) is 0 Å². The van der Waals surface area contributed by atoms with E-state index in [2.05, 4.69) is 43.8 Å². The van der Waals surface area contributed by atoms with Crippen molar-refractivity contribution in [2.24, 2.45) is 0 Å². The maximum absolute atomic E-state index is 6.01. The average Bonchev–Trinajstić information content (AvgIpc) is 3.42. The minimum atomic E-state index is 0.643. The van der Waals surface area contributed by atoms with Crippen molar-refractivity contribution in [1.29, 1.82) is 0 Å². The summed E-state index contributed by atoms with van der Waals surface area (Å²) in [5.74, 6) is 6.73. The van der Waals surface area contributed by atoms with Crippen LogP contribution in [0.2, 0.25) is 0 Å². The summed E-state index contributed by atoms with van der Waals surface area (Å²) in [5, 5.41) is 0. The van der Waals surface area contributed by atoms with Crippen molar-refractivity contribution in [3.05, 3.63) is 110 Å². The van der Waals surface area contributed by atoms with Gasteiger partial charge in [0.1, 0.15) is 17.2 Å². The molecule has 3 aromatic carbocycles. The molecule has 72 heavy (non-hydrogen) atoms. The molecule has 0 unspecified atom stereocenters. The van der Waals surface area contributed by atoms with Crippen LogP contribution in [0.3, 0.4) is 0 Å². The van der Waals surface area contributed by atoms with Crippen molar-refractivity contribution in [1.82, 2.24) is 29.9 Å². The first kappa shape index (κ1) is 55.0. The zero-order chi connectivity index (χ0) is 49.9. The van der Waals surface area contributed by atoms with E-state index >= 15 is 0 Å². The lowest BCUT2D eigenvalue weighted by Crippen LogP contribution is -2.00. The summed E-state index contributed by atoms with van der Waals surface area (Å²) < 4.78 is 35.6. The SMILES string of the molecule is CCCCCCCCOc1cnc(-c2ccc(OCCCCCCCOc3ccc(-c4ncc(OCCCCCCCOc5ccc(-c6ncc(OCCCCCCCC)cn6)cc5)cn4)cc3)cc2)nc1. The number of nitrogens with zero attached hydrogens (tertiary/aromatic N) is 6. The zero-order valence-corrected chi connectivity index (χ0v) is 43.3. The van der Waals surface area contributed by atoms with Gasteiger partial charge in [0.25, 0.3) is 0 Å². The molecule has 3 heterocycles. The summed E-state index contributed by atoms with van der Waals surface area (Å²) in [7, 11) is 0. The predicted molar refractivity (Wildman–Crippen MR) is 288 cm³/mol. The lowest BCUT2D eigenvalue weighted by atomic mass is 10.1. The monoisotopic (exact) mass is 981 g/mol. The minimum Gasteiger partial charge on any atom is -0.494 e. The topological polar surface area (TPSA) is 133 Å². The fraction of sp³-hybridized carbons (Fsp3) is 0.500. The summed E-state index contributed by atoms with van der Waals surface area (Å²) in [6.07, 6.45) is 36.2. The molecule has 0 aliphatic heterocycles. The molecule has 3 aromatic heterocycles. The van der Waals surface area contributed by atoms with Crippen molar-refractivity contribution in [2.75, 3.05) is 39.6 Å². The Kier molecular flexibility index (Phi) is 26.1. The Hall–Kier alpha value is -6.30. The third-order valence-electron chi connectivity index (χ3n) is 12.4.